The van der Waals surface area contributed by atoms with E-state index < -0.39 is 0 Å². The van der Waals surface area contributed by atoms with Crippen LogP contribution >= 0.6 is 0 Å². The Morgan fingerprint density at radius 1 is 1.73 bits per heavy atom. The van der Waals surface area contributed by atoms with Crippen LogP contribution in [0.4, 0.5) is 0 Å². The summed E-state index contributed by atoms with van der Waals surface area (Å²) in [4.78, 5) is 0. The second-order valence-corrected chi connectivity index (χ2v) is 2.99. The summed E-state index contributed by atoms with van der Waals surface area (Å²) in [6.07, 6.45) is 2.97. The van der Waals surface area contributed by atoms with Gasteiger partial charge in [-0.25, -0.2) is 0 Å². The molecule has 1 aliphatic heterocycles. The fourth-order valence-electron chi connectivity index (χ4n) is 1.53. The van der Waals surface area contributed by atoms with Crippen molar-refractivity contribution in [1.82, 2.24) is 5.27 Å². The summed E-state index contributed by atoms with van der Waals surface area (Å²) in [5.74, 6) is -0.267. The van der Waals surface area contributed by atoms with Crippen LogP contribution in [0.25, 0.3) is 0 Å². The molecule has 11 heavy (non-hydrogen) atoms. The van der Waals surface area contributed by atoms with Crippen LogP contribution in [0.5, 0.6) is 5.95 Å². The van der Waals surface area contributed by atoms with Crippen LogP contribution in [-0.4, -0.2) is 5.27 Å². The lowest BCUT2D eigenvalue weighted by Crippen LogP contribution is -2.45. The van der Waals surface area contributed by atoms with Crippen molar-refractivity contribution in [2.75, 3.05) is 0 Å². The van der Waals surface area contributed by atoms with Gasteiger partial charge in [0, 0.05) is 19.8 Å². The first-order valence-corrected chi connectivity index (χ1v) is 3.86. The third-order valence-electron chi connectivity index (χ3n) is 2.18. The number of hydrogen-bond acceptors (Lipinski definition) is 3. The summed E-state index contributed by atoms with van der Waals surface area (Å²) in [6, 6.07) is 0.324. The molecule has 2 rings (SSSR count). The van der Waals surface area contributed by atoms with E-state index in [1.165, 1.54) is 0 Å². The van der Waals surface area contributed by atoms with Crippen molar-refractivity contribution in [3.63, 3.8) is 0 Å². The molecule has 0 bridgehead atoms. The van der Waals surface area contributed by atoms with Crippen molar-refractivity contribution in [3.05, 3.63) is 5.69 Å². The molecule has 0 fully saturated rings. The number of hydrogen-bond donors (Lipinski definition) is 0. The van der Waals surface area contributed by atoms with E-state index >= 15 is 0 Å². The maximum Gasteiger partial charge on any atom is 0.233 e. The molecule has 0 saturated heterocycles. The minimum Gasteiger partial charge on any atom is -0.539 e. The van der Waals surface area contributed by atoms with Gasteiger partial charge in [-0.05, 0) is 6.42 Å². The molecule has 4 nitrogen and oxygen atoms in total. The van der Waals surface area contributed by atoms with Crippen molar-refractivity contribution in [2.24, 2.45) is 0 Å². The van der Waals surface area contributed by atoms with Crippen molar-refractivity contribution in [2.45, 2.75) is 32.2 Å². The van der Waals surface area contributed by atoms with Gasteiger partial charge in [0.25, 0.3) is 0 Å². The van der Waals surface area contributed by atoms with Crippen molar-refractivity contribution in [3.8, 4) is 5.95 Å². The van der Waals surface area contributed by atoms with E-state index in [9.17, 15) is 5.11 Å². The predicted octanol–water partition coefficient (Wildman–Crippen LogP) is -0.0670. The molecule has 0 aliphatic carbocycles. The molecule has 60 valence electrons. The van der Waals surface area contributed by atoms with E-state index in [0.29, 0.717) is 6.04 Å². The zero-order chi connectivity index (χ0) is 7.84. The predicted molar refractivity (Wildman–Crippen MR) is 33.8 cm³/mol. The van der Waals surface area contributed by atoms with Gasteiger partial charge in [-0.1, -0.05) is 4.68 Å². The lowest BCUT2D eigenvalue weighted by Gasteiger charge is -2.09. The number of aromatic nitrogens is 2. The summed E-state index contributed by atoms with van der Waals surface area (Å²) >= 11 is 0. The number of nitrogens with zero attached hydrogens (tertiary/aromatic N) is 2. The molecular formula is C7H10N2O2. The first kappa shape index (κ1) is 6.64. The summed E-state index contributed by atoms with van der Waals surface area (Å²) in [5, 5.41) is 14.6. The van der Waals surface area contributed by atoms with Crippen molar-refractivity contribution in [1.29, 1.82) is 0 Å². The Labute approximate surface area is 64.4 Å². The van der Waals surface area contributed by atoms with Gasteiger partial charge in [0.15, 0.2) is 12.0 Å². The third kappa shape index (κ3) is 0.895. The van der Waals surface area contributed by atoms with Crippen LogP contribution in [0.15, 0.2) is 4.52 Å². The first-order chi connectivity index (χ1) is 5.29. The zero-order valence-corrected chi connectivity index (χ0v) is 6.41. The van der Waals surface area contributed by atoms with E-state index in [-0.39, 0.29) is 5.95 Å². The van der Waals surface area contributed by atoms with Crippen LogP contribution < -0.4 is 9.79 Å². The van der Waals surface area contributed by atoms with E-state index in [0.717, 1.165) is 25.0 Å². The molecule has 0 saturated carbocycles. The summed E-state index contributed by atoms with van der Waals surface area (Å²) in [5.41, 5.74) is 0.726. The number of fused-ring (bicyclic) bond motifs is 1. The molecular weight excluding hydrogens is 144 g/mol. The quantitative estimate of drug-likeness (QED) is 0.491. The van der Waals surface area contributed by atoms with Crippen LogP contribution in [0.1, 0.15) is 31.5 Å². The Morgan fingerprint density at radius 2 is 2.55 bits per heavy atom. The highest BCUT2D eigenvalue weighted by molar-refractivity contribution is 5.04. The molecule has 0 N–H and O–H groups in total. The van der Waals surface area contributed by atoms with Crippen LogP contribution in [0.2, 0.25) is 0 Å². The maximum absolute atomic E-state index is 11.0. The SMILES string of the molecule is CC1CCCc2c([O-])on[n+]21. The molecule has 1 aromatic rings. The van der Waals surface area contributed by atoms with E-state index in [4.69, 9.17) is 0 Å². The molecule has 0 aromatic carbocycles. The topological polar surface area (TPSA) is 53.0 Å². The summed E-state index contributed by atoms with van der Waals surface area (Å²) in [6.45, 7) is 2.05. The molecule has 0 radical (unpaired) electrons. The van der Waals surface area contributed by atoms with Gasteiger partial charge in [-0.2, -0.15) is 0 Å². The van der Waals surface area contributed by atoms with Crippen molar-refractivity contribution >= 4 is 0 Å². The Bertz CT molecular complexity index is 269. The lowest BCUT2D eigenvalue weighted by molar-refractivity contribution is -0.792. The zero-order valence-electron chi connectivity index (χ0n) is 6.41. The van der Waals surface area contributed by atoms with Crippen LogP contribution in [0, 0.1) is 0 Å². The fraction of sp³-hybridized carbons (Fsp3) is 0.714. The Morgan fingerprint density at radius 3 is 3.27 bits per heavy atom. The van der Waals surface area contributed by atoms with Gasteiger partial charge in [-0.15, -0.1) is 0 Å². The smallest absolute Gasteiger partial charge is 0.233 e. The highest BCUT2D eigenvalue weighted by Crippen LogP contribution is 2.20. The molecule has 1 aromatic heterocycles. The maximum atomic E-state index is 11.0. The summed E-state index contributed by atoms with van der Waals surface area (Å²) < 4.78 is 6.25. The van der Waals surface area contributed by atoms with Gasteiger partial charge in [0.05, 0.1) is 5.27 Å². The third-order valence-corrected chi connectivity index (χ3v) is 2.18. The van der Waals surface area contributed by atoms with Gasteiger partial charge in [0.2, 0.25) is 5.69 Å². The van der Waals surface area contributed by atoms with Crippen LogP contribution in [0.3, 0.4) is 0 Å². The monoisotopic (exact) mass is 154 g/mol. The highest BCUT2D eigenvalue weighted by Gasteiger charge is 2.27. The van der Waals surface area contributed by atoms with E-state index in [2.05, 4.69) is 9.79 Å². The minimum atomic E-state index is -0.267. The average Bonchev–Trinajstić information content (AvgIpc) is 2.35. The Hall–Kier alpha value is -1.06. The molecule has 1 atom stereocenters. The lowest BCUT2D eigenvalue weighted by atomic mass is 10.1. The first-order valence-electron chi connectivity index (χ1n) is 3.86. The molecule has 1 unspecified atom stereocenters. The molecule has 2 heterocycles. The second-order valence-electron chi connectivity index (χ2n) is 2.99. The summed E-state index contributed by atoms with van der Waals surface area (Å²) in [7, 11) is 0. The van der Waals surface area contributed by atoms with E-state index in [1.54, 1.807) is 4.68 Å². The molecule has 4 heteroatoms. The van der Waals surface area contributed by atoms with Gasteiger partial charge >= 0.3 is 0 Å². The fourth-order valence-corrected chi connectivity index (χ4v) is 1.53. The standard InChI is InChI=1S/C7H10N2O2/c1-5-3-2-4-6-7(10)11-8-9(5)6/h5H,2-4H2,1H3. The highest BCUT2D eigenvalue weighted by atomic mass is 16.6. The molecule has 0 amide bonds. The second kappa shape index (κ2) is 2.22. The Balaban J connectivity index is 2.46. The van der Waals surface area contributed by atoms with Gasteiger partial charge in [0.1, 0.15) is 0 Å². The van der Waals surface area contributed by atoms with Crippen molar-refractivity contribution < 1.29 is 14.3 Å². The average molecular weight is 154 g/mol. The molecule has 1 aliphatic rings. The Kier molecular flexibility index (Phi) is 1.34. The van der Waals surface area contributed by atoms with E-state index in [1.807, 2.05) is 6.92 Å². The van der Waals surface area contributed by atoms with Crippen LogP contribution in [-0.2, 0) is 6.42 Å². The number of rotatable bonds is 0. The van der Waals surface area contributed by atoms with Gasteiger partial charge < -0.3 is 9.63 Å². The normalized spacial score (nSPS) is 23.2. The van der Waals surface area contributed by atoms with Gasteiger partial charge in [-0.3, -0.25) is 0 Å². The minimum absolute atomic E-state index is 0.267. The molecule has 0 spiro atoms. The largest absolute Gasteiger partial charge is 0.539 e.